The fraction of sp³-hybridized carbons (Fsp3) is 0.174. The summed E-state index contributed by atoms with van der Waals surface area (Å²) in [7, 11) is 3.25. The Morgan fingerprint density at radius 1 is 0.967 bits per heavy atom. The van der Waals surface area contributed by atoms with Crippen molar-refractivity contribution in [1.29, 1.82) is 0 Å². The Labute approximate surface area is 173 Å². The third kappa shape index (κ3) is 4.06. The van der Waals surface area contributed by atoms with Crippen molar-refractivity contribution in [1.82, 2.24) is 15.0 Å². The molecule has 6 nitrogen and oxygen atoms in total. The number of hydrogen-bond acceptors (Lipinski definition) is 6. The summed E-state index contributed by atoms with van der Waals surface area (Å²) in [6.45, 7) is 1.11. The molecule has 0 fully saturated rings. The first-order valence-electron chi connectivity index (χ1n) is 9.48. The number of aromatic nitrogens is 3. The van der Waals surface area contributed by atoms with E-state index in [1.165, 1.54) is 12.1 Å². The van der Waals surface area contributed by atoms with Gasteiger partial charge in [-0.3, -0.25) is 4.98 Å². The van der Waals surface area contributed by atoms with E-state index in [1.807, 2.05) is 24.3 Å². The lowest BCUT2D eigenvalue weighted by atomic mass is 10.0. The molecule has 0 aliphatic rings. The molecule has 0 saturated heterocycles. The number of methoxy groups -OCH3 is 2. The number of pyridine rings is 1. The van der Waals surface area contributed by atoms with E-state index in [9.17, 15) is 4.39 Å². The summed E-state index contributed by atoms with van der Waals surface area (Å²) in [4.78, 5) is 13.6. The van der Waals surface area contributed by atoms with E-state index in [1.54, 1.807) is 38.7 Å². The standard InChI is InChI=1S/C23H21FN4O2/c1-29-11-10-26-23-19-12-17(15-5-7-18(24)8-6-15)13-20(30-2)21(19)27-22(28-23)16-4-3-9-25-14-16/h3-9,12-14H,10-11H2,1-2H3,(H,26,27,28). The van der Waals surface area contributed by atoms with Crippen molar-refractivity contribution in [2.24, 2.45) is 0 Å². The van der Waals surface area contributed by atoms with Crippen molar-refractivity contribution in [3.8, 4) is 28.3 Å². The summed E-state index contributed by atoms with van der Waals surface area (Å²) in [5.74, 6) is 1.54. The lowest BCUT2D eigenvalue weighted by Crippen LogP contribution is -2.10. The summed E-state index contributed by atoms with van der Waals surface area (Å²) in [5.41, 5.74) is 3.23. The predicted octanol–water partition coefficient (Wildman–Crippen LogP) is 4.56. The third-order valence-electron chi connectivity index (χ3n) is 4.68. The van der Waals surface area contributed by atoms with Crippen LogP contribution in [0.25, 0.3) is 33.4 Å². The average Bonchev–Trinajstić information content (AvgIpc) is 2.79. The zero-order valence-corrected chi connectivity index (χ0v) is 16.7. The molecule has 2 aromatic heterocycles. The smallest absolute Gasteiger partial charge is 0.163 e. The van der Waals surface area contributed by atoms with Crippen molar-refractivity contribution >= 4 is 16.7 Å². The summed E-state index contributed by atoms with van der Waals surface area (Å²) >= 11 is 0. The van der Waals surface area contributed by atoms with Gasteiger partial charge in [0.15, 0.2) is 5.82 Å². The van der Waals surface area contributed by atoms with Crippen molar-refractivity contribution in [2.75, 3.05) is 32.7 Å². The van der Waals surface area contributed by atoms with E-state index in [2.05, 4.69) is 10.3 Å². The highest BCUT2D eigenvalue weighted by Gasteiger charge is 2.15. The quantitative estimate of drug-likeness (QED) is 0.455. The Kier molecular flexibility index (Phi) is 5.81. The van der Waals surface area contributed by atoms with E-state index in [4.69, 9.17) is 19.4 Å². The molecule has 0 amide bonds. The minimum Gasteiger partial charge on any atom is -0.494 e. The van der Waals surface area contributed by atoms with Gasteiger partial charge in [0.1, 0.15) is 22.9 Å². The summed E-state index contributed by atoms with van der Waals surface area (Å²) < 4.78 is 24.2. The second kappa shape index (κ2) is 8.84. The average molecular weight is 404 g/mol. The van der Waals surface area contributed by atoms with E-state index in [0.29, 0.717) is 36.1 Å². The van der Waals surface area contributed by atoms with Gasteiger partial charge in [0.25, 0.3) is 0 Å². The van der Waals surface area contributed by atoms with Gasteiger partial charge in [-0.15, -0.1) is 0 Å². The first kappa shape index (κ1) is 19.7. The van der Waals surface area contributed by atoms with Gasteiger partial charge in [-0.05, 0) is 47.5 Å². The van der Waals surface area contributed by atoms with E-state index < -0.39 is 0 Å². The molecule has 2 aromatic carbocycles. The second-order valence-corrected chi connectivity index (χ2v) is 6.64. The topological polar surface area (TPSA) is 69.2 Å². The second-order valence-electron chi connectivity index (χ2n) is 6.64. The highest BCUT2D eigenvalue weighted by atomic mass is 19.1. The van der Waals surface area contributed by atoms with Crippen LogP contribution in [0.4, 0.5) is 10.2 Å². The molecule has 0 bridgehead atoms. The Bertz CT molecular complexity index is 1150. The number of ether oxygens (including phenoxy) is 2. The van der Waals surface area contributed by atoms with Gasteiger partial charge in [-0.1, -0.05) is 12.1 Å². The minimum atomic E-state index is -0.280. The molecule has 0 aliphatic carbocycles. The molecule has 152 valence electrons. The number of fused-ring (bicyclic) bond motifs is 1. The maximum absolute atomic E-state index is 13.4. The molecule has 4 rings (SSSR count). The van der Waals surface area contributed by atoms with Crippen molar-refractivity contribution in [3.05, 3.63) is 66.7 Å². The summed E-state index contributed by atoms with van der Waals surface area (Å²) in [6, 6.07) is 14.0. The predicted molar refractivity (Wildman–Crippen MR) is 115 cm³/mol. The molecule has 2 heterocycles. The fourth-order valence-corrected chi connectivity index (χ4v) is 3.20. The van der Waals surface area contributed by atoms with Crippen LogP contribution >= 0.6 is 0 Å². The SMILES string of the molecule is COCCNc1nc(-c2cccnc2)nc2c(OC)cc(-c3ccc(F)cc3)cc12. The molecule has 30 heavy (non-hydrogen) atoms. The normalized spacial score (nSPS) is 10.9. The molecule has 0 unspecified atom stereocenters. The number of benzene rings is 2. The fourth-order valence-electron chi connectivity index (χ4n) is 3.20. The van der Waals surface area contributed by atoms with Crippen LogP contribution in [0.1, 0.15) is 0 Å². The molecular formula is C23H21FN4O2. The molecule has 4 aromatic rings. The van der Waals surface area contributed by atoms with Gasteiger partial charge < -0.3 is 14.8 Å². The van der Waals surface area contributed by atoms with Crippen LogP contribution in [0.15, 0.2) is 60.9 Å². The van der Waals surface area contributed by atoms with Crippen molar-refractivity contribution in [2.45, 2.75) is 0 Å². The third-order valence-corrected chi connectivity index (χ3v) is 4.68. The molecule has 0 aliphatic heterocycles. The van der Waals surface area contributed by atoms with Gasteiger partial charge in [0.2, 0.25) is 0 Å². The van der Waals surface area contributed by atoms with Gasteiger partial charge in [-0.25, -0.2) is 14.4 Å². The largest absolute Gasteiger partial charge is 0.494 e. The lowest BCUT2D eigenvalue weighted by Gasteiger charge is -2.15. The van der Waals surface area contributed by atoms with E-state index in [0.717, 1.165) is 22.1 Å². The minimum absolute atomic E-state index is 0.280. The monoisotopic (exact) mass is 404 g/mol. The molecule has 0 spiro atoms. The molecule has 0 atom stereocenters. The van der Waals surface area contributed by atoms with Crippen LogP contribution in [0.5, 0.6) is 5.75 Å². The molecular weight excluding hydrogens is 383 g/mol. The van der Waals surface area contributed by atoms with Gasteiger partial charge in [0.05, 0.1) is 13.7 Å². The molecule has 0 saturated carbocycles. The van der Waals surface area contributed by atoms with Crippen LogP contribution < -0.4 is 10.1 Å². The molecule has 1 N–H and O–H groups in total. The number of nitrogens with zero attached hydrogens (tertiary/aromatic N) is 3. The highest BCUT2D eigenvalue weighted by molar-refractivity contribution is 5.97. The summed E-state index contributed by atoms with van der Waals surface area (Å²) in [6.07, 6.45) is 3.43. The van der Waals surface area contributed by atoms with Crippen LogP contribution in [-0.4, -0.2) is 42.3 Å². The lowest BCUT2D eigenvalue weighted by molar-refractivity contribution is 0.210. The maximum Gasteiger partial charge on any atom is 0.163 e. The molecule has 0 radical (unpaired) electrons. The zero-order chi connectivity index (χ0) is 20.9. The van der Waals surface area contributed by atoms with Crippen LogP contribution in [0.2, 0.25) is 0 Å². The van der Waals surface area contributed by atoms with E-state index in [-0.39, 0.29) is 5.82 Å². The maximum atomic E-state index is 13.4. The number of nitrogens with one attached hydrogen (secondary N) is 1. The van der Waals surface area contributed by atoms with Gasteiger partial charge in [-0.2, -0.15) is 0 Å². The Balaban J connectivity index is 1.91. The summed E-state index contributed by atoms with van der Waals surface area (Å²) in [5, 5.41) is 4.13. The van der Waals surface area contributed by atoms with Crippen molar-refractivity contribution in [3.63, 3.8) is 0 Å². The Morgan fingerprint density at radius 3 is 2.50 bits per heavy atom. The number of anilines is 1. The number of halogens is 1. The number of rotatable bonds is 7. The van der Waals surface area contributed by atoms with Crippen LogP contribution in [-0.2, 0) is 4.74 Å². The Hall–Kier alpha value is -3.58. The van der Waals surface area contributed by atoms with E-state index >= 15 is 0 Å². The van der Waals surface area contributed by atoms with Gasteiger partial charge >= 0.3 is 0 Å². The number of hydrogen-bond donors (Lipinski definition) is 1. The highest BCUT2D eigenvalue weighted by Crippen LogP contribution is 2.35. The van der Waals surface area contributed by atoms with Gasteiger partial charge in [0, 0.05) is 37.0 Å². The first-order valence-corrected chi connectivity index (χ1v) is 9.48. The van der Waals surface area contributed by atoms with Crippen LogP contribution in [0.3, 0.4) is 0 Å². The molecule has 7 heteroatoms. The zero-order valence-electron chi connectivity index (χ0n) is 16.7. The van der Waals surface area contributed by atoms with Crippen LogP contribution in [0, 0.1) is 5.82 Å². The first-order chi connectivity index (χ1) is 14.7. The van der Waals surface area contributed by atoms with Crippen molar-refractivity contribution < 1.29 is 13.9 Å². The Morgan fingerprint density at radius 2 is 1.80 bits per heavy atom.